The third-order valence-corrected chi connectivity index (χ3v) is 7.88. The Hall–Kier alpha value is -1.67. The molecule has 2 aromatic carbocycles. The lowest BCUT2D eigenvalue weighted by Gasteiger charge is -2.39. The molecule has 0 aliphatic carbocycles. The molecule has 5 N–H and O–H groups in total. The third kappa shape index (κ3) is 6.24. The molecule has 2 saturated heterocycles. The number of hydrogen-bond acceptors (Lipinski definition) is 5. The van der Waals surface area contributed by atoms with Gasteiger partial charge in [-0.3, -0.25) is 9.69 Å². The normalized spacial score (nSPS) is 27.2. The molecule has 2 aromatic rings. The summed E-state index contributed by atoms with van der Waals surface area (Å²) in [5.41, 5.74) is 8.50. The van der Waals surface area contributed by atoms with Crippen LogP contribution < -0.4 is 21.7 Å². The second-order valence-electron chi connectivity index (χ2n) is 11.3. The summed E-state index contributed by atoms with van der Waals surface area (Å²) in [6.45, 7) is 12.0. The molecule has 4 rings (SSSR count). The highest BCUT2D eigenvalue weighted by Crippen LogP contribution is 2.48. The van der Waals surface area contributed by atoms with Crippen molar-refractivity contribution in [2.75, 3.05) is 39.3 Å². The predicted octanol–water partition coefficient (Wildman–Crippen LogP) is 3.73. The van der Waals surface area contributed by atoms with Crippen molar-refractivity contribution in [3.05, 3.63) is 69.7 Å². The first-order valence-electron chi connectivity index (χ1n) is 12.9. The first kappa shape index (κ1) is 27.4. The van der Waals surface area contributed by atoms with Crippen molar-refractivity contribution in [3.63, 3.8) is 0 Å². The molecule has 2 heterocycles. The van der Waals surface area contributed by atoms with Gasteiger partial charge in [-0.05, 0) is 47.2 Å². The highest BCUT2D eigenvalue weighted by Gasteiger charge is 2.56. The number of benzene rings is 2. The number of nitrogens with zero attached hydrogens (tertiary/aromatic N) is 1. The average Bonchev–Trinajstić information content (AvgIpc) is 3.11. The fourth-order valence-electron chi connectivity index (χ4n) is 5.68. The molecule has 4 atom stereocenters. The Balaban J connectivity index is 1.68. The number of hydrogen-bond donors (Lipinski definition) is 4. The summed E-state index contributed by atoms with van der Waals surface area (Å²) in [4.78, 5) is 16.1. The van der Waals surface area contributed by atoms with Gasteiger partial charge in [0, 0.05) is 61.3 Å². The van der Waals surface area contributed by atoms with Gasteiger partial charge in [-0.25, -0.2) is 0 Å². The van der Waals surface area contributed by atoms with Crippen LogP contribution in [0.25, 0.3) is 0 Å². The van der Waals surface area contributed by atoms with E-state index in [9.17, 15) is 4.79 Å². The van der Waals surface area contributed by atoms with Crippen molar-refractivity contribution >= 4 is 29.1 Å². The topological polar surface area (TPSA) is 82.4 Å². The van der Waals surface area contributed by atoms with E-state index in [4.69, 9.17) is 28.9 Å². The van der Waals surface area contributed by atoms with E-state index < -0.39 is 11.6 Å². The first-order valence-corrected chi connectivity index (χ1v) is 13.6. The maximum atomic E-state index is 13.7. The number of nitrogens with two attached hydrogens (primary N) is 1. The van der Waals surface area contributed by atoms with Gasteiger partial charge in [0.05, 0.1) is 11.6 Å². The molecule has 0 spiro atoms. The van der Waals surface area contributed by atoms with E-state index in [0.717, 1.165) is 50.3 Å². The molecular formula is C28H39Cl2N5O. The van der Waals surface area contributed by atoms with Crippen LogP contribution in [0.2, 0.25) is 10.0 Å². The van der Waals surface area contributed by atoms with Gasteiger partial charge in [0.25, 0.3) is 0 Å². The molecule has 0 aromatic heterocycles. The van der Waals surface area contributed by atoms with E-state index in [-0.39, 0.29) is 23.3 Å². The van der Waals surface area contributed by atoms with Crippen molar-refractivity contribution in [1.82, 2.24) is 20.9 Å². The standard InChI is InChI=1S/C28H39Cl2N5O/c1-27(2,3)18-23-28(31,20-7-9-21(29)10-8-20)24(19-5-4-6-22(30)17-19)25(34-23)26(36)33-13-16-35-14-11-32-12-15-35/h4-10,17,23-25,32,34H,11-16,18,31H2,1-3H3,(H,33,36)/t23-,24-,25+,28+/m0/s1. The Morgan fingerprint density at radius 3 is 2.44 bits per heavy atom. The van der Waals surface area contributed by atoms with Gasteiger partial charge in [0.1, 0.15) is 0 Å². The second kappa shape index (κ2) is 11.4. The van der Waals surface area contributed by atoms with Gasteiger partial charge in [-0.2, -0.15) is 0 Å². The van der Waals surface area contributed by atoms with Crippen molar-refractivity contribution in [2.24, 2.45) is 11.1 Å². The Bertz CT molecular complexity index is 1030. The summed E-state index contributed by atoms with van der Waals surface area (Å²) in [5.74, 6) is -0.348. The van der Waals surface area contributed by atoms with Crippen LogP contribution in [-0.2, 0) is 10.3 Å². The number of piperazine rings is 1. The first-order chi connectivity index (χ1) is 17.1. The van der Waals surface area contributed by atoms with E-state index in [2.05, 4.69) is 41.6 Å². The largest absolute Gasteiger partial charge is 0.353 e. The van der Waals surface area contributed by atoms with E-state index in [1.165, 1.54) is 0 Å². The smallest absolute Gasteiger partial charge is 0.237 e. The third-order valence-electron chi connectivity index (χ3n) is 7.39. The molecule has 2 fully saturated rings. The van der Waals surface area contributed by atoms with Gasteiger partial charge in [0.15, 0.2) is 0 Å². The minimum absolute atomic E-state index is 0.00125. The maximum absolute atomic E-state index is 13.7. The number of carbonyl (C=O) groups excluding carboxylic acids is 1. The number of amides is 1. The molecule has 6 nitrogen and oxygen atoms in total. The molecule has 0 radical (unpaired) electrons. The number of nitrogens with one attached hydrogen (secondary N) is 3. The highest BCUT2D eigenvalue weighted by atomic mass is 35.5. The quantitative estimate of drug-likeness (QED) is 0.437. The summed E-state index contributed by atoms with van der Waals surface area (Å²) in [6, 6.07) is 14.8. The van der Waals surface area contributed by atoms with Gasteiger partial charge in [-0.1, -0.05) is 68.2 Å². The Morgan fingerprint density at radius 1 is 1.11 bits per heavy atom. The Kier molecular flexibility index (Phi) is 8.65. The molecule has 0 bridgehead atoms. The molecule has 36 heavy (non-hydrogen) atoms. The van der Waals surface area contributed by atoms with Crippen LogP contribution in [0.1, 0.15) is 44.2 Å². The molecule has 0 saturated carbocycles. The lowest BCUT2D eigenvalue weighted by atomic mass is 9.68. The SMILES string of the molecule is CC(C)(C)C[C@@H]1N[C@@H](C(=O)NCCN2CCNCC2)[C@H](c2cccc(Cl)c2)[C@@]1(N)c1ccc(Cl)cc1. The van der Waals surface area contributed by atoms with Crippen molar-refractivity contribution in [2.45, 2.75) is 50.7 Å². The van der Waals surface area contributed by atoms with E-state index in [0.29, 0.717) is 16.6 Å². The van der Waals surface area contributed by atoms with Crippen LogP contribution >= 0.6 is 23.2 Å². The van der Waals surface area contributed by atoms with Gasteiger partial charge < -0.3 is 21.7 Å². The van der Waals surface area contributed by atoms with Gasteiger partial charge in [0.2, 0.25) is 5.91 Å². The summed E-state index contributed by atoms with van der Waals surface area (Å²) in [7, 11) is 0. The van der Waals surface area contributed by atoms with Crippen LogP contribution in [-0.4, -0.2) is 62.2 Å². The summed E-state index contributed by atoms with van der Waals surface area (Å²) in [5, 5.41) is 11.5. The van der Waals surface area contributed by atoms with Crippen LogP contribution in [0.5, 0.6) is 0 Å². The number of rotatable bonds is 7. The Morgan fingerprint density at radius 2 is 1.81 bits per heavy atom. The van der Waals surface area contributed by atoms with Crippen molar-refractivity contribution < 1.29 is 4.79 Å². The zero-order valence-corrected chi connectivity index (χ0v) is 23.0. The minimum atomic E-state index is -0.844. The van der Waals surface area contributed by atoms with Crippen LogP contribution in [0, 0.1) is 5.41 Å². The van der Waals surface area contributed by atoms with E-state index >= 15 is 0 Å². The van der Waals surface area contributed by atoms with E-state index in [1.54, 1.807) is 0 Å². The van der Waals surface area contributed by atoms with E-state index in [1.807, 2.05) is 48.5 Å². The highest BCUT2D eigenvalue weighted by molar-refractivity contribution is 6.30. The van der Waals surface area contributed by atoms with Gasteiger partial charge >= 0.3 is 0 Å². The zero-order chi connectivity index (χ0) is 25.9. The zero-order valence-electron chi connectivity index (χ0n) is 21.5. The molecule has 8 heteroatoms. The maximum Gasteiger partial charge on any atom is 0.237 e. The summed E-state index contributed by atoms with van der Waals surface area (Å²) < 4.78 is 0. The van der Waals surface area contributed by atoms with Crippen LogP contribution in [0.15, 0.2) is 48.5 Å². The van der Waals surface area contributed by atoms with Crippen LogP contribution in [0.4, 0.5) is 0 Å². The predicted molar refractivity (Wildman–Crippen MR) is 149 cm³/mol. The van der Waals surface area contributed by atoms with Gasteiger partial charge in [-0.15, -0.1) is 0 Å². The lowest BCUT2D eigenvalue weighted by Crippen LogP contribution is -2.51. The molecule has 2 aliphatic heterocycles. The lowest BCUT2D eigenvalue weighted by molar-refractivity contribution is -0.123. The fourth-order valence-corrected chi connectivity index (χ4v) is 6.00. The number of halogens is 2. The molecule has 0 unspecified atom stereocenters. The Labute approximate surface area is 225 Å². The summed E-state index contributed by atoms with van der Waals surface area (Å²) >= 11 is 12.7. The van der Waals surface area contributed by atoms with Crippen LogP contribution in [0.3, 0.4) is 0 Å². The number of carbonyl (C=O) groups is 1. The molecule has 2 aliphatic rings. The monoisotopic (exact) mass is 531 g/mol. The summed E-state index contributed by atoms with van der Waals surface area (Å²) in [6.07, 6.45) is 0.799. The average molecular weight is 533 g/mol. The van der Waals surface area contributed by atoms with Crippen molar-refractivity contribution in [1.29, 1.82) is 0 Å². The molecular weight excluding hydrogens is 493 g/mol. The second-order valence-corrected chi connectivity index (χ2v) is 12.2. The van der Waals surface area contributed by atoms with Crippen molar-refractivity contribution in [3.8, 4) is 0 Å². The molecule has 196 valence electrons. The minimum Gasteiger partial charge on any atom is -0.353 e. The molecule has 1 amide bonds. The fraction of sp³-hybridized carbons (Fsp3) is 0.536.